The predicted molar refractivity (Wildman–Crippen MR) is 106 cm³/mol. The lowest BCUT2D eigenvalue weighted by molar-refractivity contribution is -0.118. The van der Waals surface area contributed by atoms with Crippen LogP contribution in [0.4, 0.5) is 4.39 Å². The van der Waals surface area contributed by atoms with Crippen LogP contribution in [0, 0.1) is 5.82 Å². The summed E-state index contributed by atoms with van der Waals surface area (Å²) in [5.74, 6) is 1.26. The summed E-state index contributed by atoms with van der Waals surface area (Å²) in [4.78, 5) is 12.0. The highest BCUT2D eigenvalue weighted by atomic mass is 32.2. The molecule has 4 aromatic rings. The third-order valence-corrected chi connectivity index (χ3v) is 5.17. The van der Waals surface area contributed by atoms with Crippen LogP contribution in [0.3, 0.4) is 0 Å². The van der Waals surface area contributed by atoms with Crippen molar-refractivity contribution in [3.05, 3.63) is 89.8 Å². The van der Waals surface area contributed by atoms with E-state index in [0.29, 0.717) is 35.6 Å². The summed E-state index contributed by atoms with van der Waals surface area (Å²) in [6.07, 6.45) is 3.53. The van der Waals surface area contributed by atoms with Gasteiger partial charge in [-0.25, -0.2) is 4.39 Å². The number of hydrogen-bond donors (Lipinski definition) is 1. The molecule has 1 amide bonds. The van der Waals surface area contributed by atoms with E-state index in [-0.39, 0.29) is 23.4 Å². The average molecular weight is 427 g/mol. The molecule has 3 aromatic heterocycles. The van der Waals surface area contributed by atoms with E-state index in [1.54, 1.807) is 42.9 Å². The van der Waals surface area contributed by atoms with Crippen molar-refractivity contribution in [1.29, 1.82) is 0 Å². The minimum Gasteiger partial charge on any atom is -0.469 e. The van der Waals surface area contributed by atoms with Gasteiger partial charge in [-0.3, -0.25) is 4.79 Å². The molecule has 154 valence electrons. The van der Waals surface area contributed by atoms with Crippen LogP contribution >= 0.6 is 11.8 Å². The molecule has 0 saturated carbocycles. The Morgan fingerprint density at radius 3 is 2.60 bits per heavy atom. The summed E-state index contributed by atoms with van der Waals surface area (Å²) in [6, 6.07) is 13.4. The van der Waals surface area contributed by atoms with Crippen LogP contribution in [0.15, 0.2) is 79.5 Å². The fourth-order valence-electron chi connectivity index (χ4n) is 2.90. The highest BCUT2D eigenvalue weighted by Crippen LogP contribution is 2.29. The van der Waals surface area contributed by atoms with Crippen LogP contribution in [0.5, 0.6) is 0 Å². The van der Waals surface area contributed by atoms with E-state index in [4.69, 9.17) is 13.3 Å². The first-order valence-electron chi connectivity index (χ1n) is 9.20. The number of furan rings is 2. The molecule has 30 heavy (non-hydrogen) atoms. The van der Waals surface area contributed by atoms with Gasteiger partial charge in [-0.1, -0.05) is 23.9 Å². The van der Waals surface area contributed by atoms with Gasteiger partial charge >= 0.3 is 0 Å². The standard InChI is InChI=1S/C21H18FN3O4S/c22-15-7-5-14(6-8-15)17(18-4-2-10-28-18)11-20-24-25-21(29-20)30-13-19(26)23-12-16-3-1-9-27-16/h1-10,17H,11-13H2,(H,23,26)/t17-/m0/s1. The van der Waals surface area contributed by atoms with Crippen molar-refractivity contribution < 1.29 is 22.4 Å². The van der Waals surface area contributed by atoms with E-state index in [2.05, 4.69) is 15.5 Å². The maximum atomic E-state index is 13.3. The maximum absolute atomic E-state index is 13.3. The third-order valence-electron chi connectivity index (χ3n) is 4.35. The Labute approximate surface area is 175 Å². The van der Waals surface area contributed by atoms with E-state index in [0.717, 1.165) is 17.3 Å². The zero-order valence-electron chi connectivity index (χ0n) is 15.8. The van der Waals surface area contributed by atoms with Gasteiger partial charge in [0.1, 0.15) is 17.3 Å². The molecule has 1 aromatic carbocycles. The van der Waals surface area contributed by atoms with Crippen LogP contribution in [-0.2, 0) is 17.8 Å². The molecule has 1 atom stereocenters. The number of halogens is 1. The summed E-state index contributed by atoms with van der Waals surface area (Å²) in [5.41, 5.74) is 0.871. The van der Waals surface area contributed by atoms with Crippen molar-refractivity contribution in [2.45, 2.75) is 24.1 Å². The molecule has 0 aliphatic carbocycles. The Morgan fingerprint density at radius 2 is 1.87 bits per heavy atom. The molecule has 9 heteroatoms. The Balaban J connectivity index is 1.36. The molecule has 3 heterocycles. The van der Waals surface area contributed by atoms with Crippen molar-refractivity contribution in [2.75, 3.05) is 5.75 Å². The highest BCUT2D eigenvalue weighted by molar-refractivity contribution is 7.99. The number of amides is 1. The highest BCUT2D eigenvalue weighted by Gasteiger charge is 2.21. The Morgan fingerprint density at radius 1 is 1.07 bits per heavy atom. The van der Waals surface area contributed by atoms with Crippen molar-refractivity contribution >= 4 is 17.7 Å². The number of aromatic nitrogens is 2. The van der Waals surface area contributed by atoms with Gasteiger partial charge in [0, 0.05) is 6.42 Å². The van der Waals surface area contributed by atoms with E-state index in [1.807, 2.05) is 6.07 Å². The zero-order chi connectivity index (χ0) is 20.8. The number of carbonyl (C=O) groups excluding carboxylic acids is 1. The Hall–Kier alpha value is -3.33. The third kappa shape index (κ3) is 5.18. The monoisotopic (exact) mass is 427 g/mol. The van der Waals surface area contributed by atoms with Crippen molar-refractivity contribution in [1.82, 2.24) is 15.5 Å². The van der Waals surface area contributed by atoms with Gasteiger partial charge in [-0.2, -0.15) is 0 Å². The van der Waals surface area contributed by atoms with Crippen LogP contribution in [0.2, 0.25) is 0 Å². The summed E-state index contributed by atoms with van der Waals surface area (Å²) in [5, 5.41) is 11.1. The normalized spacial score (nSPS) is 12.0. The first-order valence-corrected chi connectivity index (χ1v) is 10.2. The number of benzene rings is 1. The van der Waals surface area contributed by atoms with Crippen molar-refractivity contribution in [3.8, 4) is 0 Å². The molecule has 0 aliphatic heterocycles. The largest absolute Gasteiger partial charge is 0.469 e. The summed E-state index contributed by atoms with van der Waals surface area (Å²) in [6.45, 7) is 0.323. The van der Waals surface area contributed by atoms with Crippen LogP contribution in [0.1, 0.15) is 28.9 Å². The van der Waals surface area contributed by atoms with Crippen molar-refractivity contribution in [3.63, 3.8) is 0 Å². The molecule has 0 aliphatic rings. The first kappa shape index (κ1) is 20.0. The van der Waals surface area contributed by atoms with Gasteiger partial charge in [0.05, 0.1) is 30.7 Å². The van der Waals surface area contributed by atoms with Gasteiger partial charge in [-0.15, -0.1) is 10.2 Å². The Kier molecular flexibility index (Phi) is 6.29. The number of thioether (sulfide) groups is 1. The average Bonchev–Trinajstić information content (AvgIpc) is 3.53. The number of rotatable bonds is 9. The molecule has 0 radical (unpaired) electrons. The van der Waals surface area contributed by atoms with Gasteiger partial charge < -0.3 is 18.6 Å². The van der Waals surface area contributed by atoms with E-state index in [9.17, 15) is 9.18 Å². The SMILES string of the molecule is O=C(CSc1nnc(C[C@@H](c2ccc(F)cc2)c2ccco2)o1)NCc1ccco1. The second kappa shape index (κ2) is 9.45. The minimum absolute atomic E-state index is 0.141. The topological polar surface area (TPSA) is 94.3 Å². The molecule has 0 fully saturated rings. The zero-order valence-corrected chi connectivity index (χ0v) is 16.6. The molecule has 1 N–H and O–H groups in total. The number of hydrogen-bond acceptors (Lipinski definition) is 7. The molecule has 0 spiro atoms. The molecule has 7 nitrogen and oxygen atoms in total. The number of nitrogens with zero attached hydrogens (tertiary/aromatic N) is 2. The molecule has 4 rings (SSSR count). The smallest absolute Gasteiger partial charge is 0.277 e. The second-order valence-corrected chi connectivity index (χ2v) is 7.36. The second-order valence-electron chi connectivity index (χ2n) is 6.43. The number of carbonyl (C=O) groups is 1. The lowest BCUT2D eigenvalue weighted by atomic mass is 9.93. The summed E-state index contributed by atoms with van der Waals surface area (Å²) >= 11 is 1.15. The molecular formula is C21H18FN3O4S. The van der Waals surface area contributed by atoms with E-state index >= 15 is 0 Å². The van der Waals surface area contributed by atoms with Crippen LogP contribution in [-0.4, -0.2) is 21.9 Å². The maximum Gasteiger partial charge on any atom is 0.277 e. The lowest BCUT2D eigenvalue weighted by Gasteiger charge is -2.13. The molecular weight excluding hydrogens is 409 g/mol. The predicted octanol–water partition coefficient (Wildman–Crippen LogP) is 4.18. The summed E-state index contributed by atoms with van der Waals surface area (Å²) < 4.78 is 29.7. The van der Waals surface area contributed by atoms with Gasteiger partial charge in [0.2, 0.25) is 11.8 Å². The van der Waals surface area contributed by atoms with Crippen molar-refractivity contribution in [2.24, 2.45) is 0 Å². The number of nitrogens with one attached hydrogen (secondary N) is 1. The molecule has 0 bridgehead atoms. The lowest BCUT2D eigenvalue weighted by Crippen LogP contribution is -2.24. The fourth-order valence-corrected chi connectivity index (χ4v) is 3.51. The summed E-state index contributed by atoms with van der Waals surface area (Å²) in [7, 11) is 0. The van der Waals surface area contributed by atoms with E-state index < -0.39 is 0 Å². The van der Waals surface area contributed by atoms with Gasteiger partial charge in [0.25, 0.3) is 5.22 Å². The van der Waals surface area contributed by atoms with Crippen LogP contribution < -0.4 is 5.32 Å². The van der Waals surface area contributed by atoms with E-state index in [1.165, 1.54) is 12.1 Å². The minimum atomic E-state index is -0.307. The fraction of sp³-hybridized carbons (Fsp3) is 0.190. The quantitative estimate of drug-likeness (QED) is 0.401. The van der Waals surface area contributed by atoms with Crippen LogP contribution in [0.25, 0.3) is 0 Å². The van der Waals surface area contributed by atoms with Gasteiger partial charge in [0.15, 0.2) is 0 Å². The first-order chi connectivity index (χ1) is 14.7. The Bertz CT molecular complexity index is 1060. The van der Waals surface area contributed by atoms with Gasteiger partial charge in [-0.05, 0) is 42.0 Å². The molecule has 0 unspecified atom stereocenters. The molecule has 0 saturated heterocycles.